The van der Waals surface area contributed by atoms with Gasteiger partial charge >= 0.3 is 0 Å². The van der Waals surface area contributed by atoms with Crippen LogP contribution in [-0.2, 0) is 0 Å². The molecule has 2 aromatic heterocycles. The summed E-state index contributed by atoms with van der Waals surface area (Å²) in [5.41, 5.74) is 3.48. The maximum atomic E-state index is 13.1. The maximum Gasteiger partial charge on any atom is 0.274 e. The number of aromatic amines is 1. The number of hydrogen-bond donors (Lipinski definition) is 2. The van der Waals surface area contributed by atoms with Crippen molar-refractivity contribution in [3.63, 3.8) is 0 Å². The summed E-state index contributed by atoms with van der Waals surface area (Å²) in [6, 6.07) is 5.65. The molecule has 30 heavy (non-hydrogen) atoms. The van der Waals surface area contributed by atoms with Gasteiger partial charge in [0.1, 0.15) is 5.52 Å². The Kier molecular flexibility index (Phi) is 4.33. The van der Waals surface area contributed by atoms with Crippen LogP contribution in [0.3, 0.4) is 0 Å². The molecular formula is C23H25ClN4O2. The highest BCUT2D eigenvalue weighted by atomic mass is 35.5. The standard InChI is InChI=1S/C23H25ClN4O2/c1-12-4-5-14(10-16(12)24)17-11-28-20(22(30)25-17)18(13-6-7-13)19(27-28)21(29)26-23(2,3)15-8-9-15/h4-5,10-11,13,15H,6-9H2,1-3H3,(H,25,30)(H,26,29). The minimum absolute atomic E-state index is 0.197. The second kappa shape index (κ2) is 6.71. The van der Waals surface area contributed by atoms with E-state index in [0.29, 0.717) is 27.8 Å². The number of fused-ring (bicyclic) bond motifs is 1. The largest absolute Gasteiger partial charge is 0.345 e. The first-order valence-corrected chi connectivity index (χ1v) is 10.9. The average Bonchev–Trinajstić information content (AvgIpc) is 3.59. The molecule has 0 spiro atoms. The van der Waals surface area contributed by atoms with Gasteiger partial charge in [-0.3, -0.25) is 9.59 Å². The van der Waals surface area contributed by atoms with Crippen LogP contribution < -0.4 is 10.9 Å². The number of rotatable bonds is 5. The van der Waals surface area contributed by atoms with Crippen LogP contribution in [0.25, 0.3) is 16.8 Å². The van der Waals surface area contributed by atoms with E-state index in [0.717, 1.165) is 42.4 Å². The summed E-state index contributed by atoms with van der Waals surface area (Å²) in [6.07, 6.45) is 5.99. The summed E-state index contributed by atoms with van der Waals surface area (Å²) >= 11 is 6.27. The van der Waals surface area contributed by atoms with Crippen molar-refractivity contribution in [1.82, 2.24) is 19.9 Å². The topological polar surface area (TPSA) is 79.3 Å². The van der Waals surface area contributed by atoms with E-state index in [2.05, 4.69) is 29.2 Å². The molecule has 2 aliphatic rings. The third-order valence-electron chi connectivity index (χ3n) is 6.38. The van der Waals surface area contributed by atoms with Gasteiger partial charge in [-0.1, -0.05) is 23.7 Å². The zero-order chi connectivity index (χ0) is 21.2. The smallest absolute Gasteiger partial charge is 0.274 e. The first-order valence-electron chi connectivity index (χ1n) is 10.5. The van der Waals surface area contributed by atoms with Gasteiger partial charge < -0.3 is 10.3 Å². The van der Waals surface area contributed by atoms with Crippen LogP contribution in [0, 0.1) is 12.8 Å². The molecule has 2 saturated carbocycles. The highest BCUT2D eigenvalue weighted by Gasteiger charge is 2.41. The van der Waals surface area contributed by atoms with Gasteiger partial charge in [-0.15, -0.1) is 0 Å². The molecule has 0 aliphatic heterocycles. The lowest BCUT2D eigenvalue weighted by molar-refractivity contribution is 0.0897. The summed E-state index contributed by atoms with van der Waals surface area (Å²) < 4.78 is 1.56. The molecular weight excluding hydrogens is 400 g/mol. The summed E-state index contributed by atoms with van der Waals surface area (Å²) in [4.78, 5) is 29.1. The van der Waals surface area contributed by atoms with E-state index >= 15 is 0 Å². The van der Waals surface area contributed by atoms with Crippen molar-refractivity contribution in [2.24, 2.45) is 5.92 Å². The van der Waals surface area contributed by atoms with Crippen LogP contribution in [-0.4, -0.2) is 26.0 Å². The molecule has 1 aromatic carbocycles. The van der Waals surface area contributed by atoms with E-state index < -0.39 is 0 Å². The van der Waals surface area contributed by atoms with Gasteiger partial charge in [-0.05, 0) is 69.9 Å². The van der Waals surface area contributed by atoms with E-state index in [1.165, 1.54) is 0 Å². The quantitative estimate of drug-likeness (QED) is 0.635. The highest BCUT2D eigenvalue weighted by molar-refractivity contribution is 6.31. The number of aromatic nitrogens is 3. The Morgan fingerprint density at radius 3 is 2.63 bits per heavy atom. The number of nitrogens with zero attached hydrogens (tertiary/aromatic N) is 2. The Labute approximate surface area is 179 Å². The first kappa shape index (κ1) is 19.4. The number of hydrogen-bond acceptors (Lipinski definition) is 3. The minimum atomic E-state index is -0.274. The Balaban J connectivity index is 1.61. The number of amides is 1. The molecule has 7 heteroatoms. The minimum Gasteiger partial charge on any atom is -0.345 e. The molecule has 2 aliphatic carbocycles. The third-order valence-corrected chi connectivity index (χ3v) is 6.79. The van der Waals surface area contributed by atoms with Crippen LogP contribution >= 0.6 is 11.6 Å². The zero-order valence-electron chi connectivity index (χ0n) is 17.4. The average molecular weight is 425 g/mol. The molecule has 3 aromatic rings. The van der Waals surface area contributed by atoms with E-state index in [4.69, 9.17) is 11.6 Å². The number of halogens is 1. The van der Waals surface area contributed by atoms with E-state index in [1.54, 1.807) is 10.7 Å². The predicted octanol–water partition coefficient (Wildman–Crippen LogP) is 4.45. The van der Waals surface area contributed by atoms with Crippen molar-refractivity contribution in [3.05, 3.63) is 56.6 Å². The van der Waals surface area contributed by atoms with Crippen LogP contribution in [0.5, 0.6) is 0 Å². The Bertz CT molecular complexity index is 1230. The molecule has 156 valence electrons. The molecule has 0 saturated heterocycles. The fourth-order valence-electron chi connectivity index (χ4n) is 4.20. The molecule has 2 heterocycles. The lowest BCUT2D eigenvalue weighted by Crippen LogP contribution is -2.45. The van der Waals surface area contributed by atoms with Crippen LogP contribution in [0.4, 0.5) is 0 Å². The molecule has 1 amide bonds. The highest BCUT2D eigenvalue weighted by Crippen LogP contribution is 2.44. The molecule has 0 unspecified atom stereocenters. The van der Waals surface area contributed by atoms with E-state index in [9.17, 15) is 9.59 Å². The summed E-state index contributed by atoms with van der Waals surface area (Å²) in [6.45, 7) is 6.05. The van der Waals surface area contributed by atoms with Crippen molar-refractivity contribution in [3.8, 4) is 11.3 Å². The van der Waals surface area contributed by atoms with Crippen molar-refractivity contribution in [2.75, 3.05) is 0 Å². The molecule has 2 fully saturated rings. The number of carbonyl (C=O) groups is 1. The number of benzene rings is 1. The van der Waals surface area contributed by atoms with E-state index in [-0.39, 0.29) is 22.9 Å². The lowest BCUT2D eigenvalue weighted by Gasteiger charge is -2.25. The van der Waals surface area contributed by atoms with Gasteiger partial charge in [-0.2, -0.15) is 5.10 Å². The molecule has 6 nitrogen and oxygen atoms in total. The van der Waals surface area contributed by atoms with Crippen molar-refractivity contribution in [1.29, 1.82) is 0 Å². The van der Waals surface area contributed by atoms with Crippen molar-refractivity contribution >= 4 is 23.0 Å². The zero-order valence-corrected chi connectivity index (χ0v) is 18.1. The van der Waals surface area contributed by atoms with Gasteiger partial charge in [0.25, 0.3) is 11.5 Å². The third kappa shape index (κ3) is 3.33. The van der Waals surface area contributed by atoms with Crippen LogP contribution in [0.1, 0.15) is 67.1 Å². The van der Waals surface area contributed by atoms with Crippen molar-refractivity contribution in [2.45, 2.75) is 57.9 Å². The first-order chi connectivity index (χ1) is 14.2. The number of H-pyrrole nitrogens is 1. The Morgan fingerprint density at radius 1 is 1.27 bits per heavy atom. The number of nitrogens with one attached hydrogen (secondary N) is 2. The van der Waals surface area contributed by atoms with Gasteiger partial charge in [0.15, 0.2) is 5.69 Å². The fourth-order valence-corrected chi connectivity index (χ4v) is 4.38. The maximum absolute atomic E-state index is 13.1. The summed E-state index contributed by atoms with van der Waals surface area (Å²) in [5.74, 6) is 0.522. The number of aryl methyl sites for hydroxylation is 1. The molecule has 0 bridgehead atoms. The fraction of sp³-hybridized carbons (Fsp3) is 0.435. The van der Waals surface area contributed by atoms with E-state index in [1.807, 2.05) is 25.1 Å². The summed E-state index contributed by atoms with van der Waals surface area (Å²) in [5, 5.41) is 8.36. The molecule has 2 N–H and O–H groups in total. The molecule has 0 atom stereocenters. The second-order valence-electron chi connectivity index (χ2n) is 9.24. The van der Waals surface area contributed by atoms with Gasteiger partial charge in [0.05, 0.1) is 11.9 Å². The van der Waals surface area contributed by atoms with Crippen molar-refractivity contribution < 1.29 is 4.79 Å². The van der Waals surface area contributed by atoms with Crippen LogP contribution in [0.15, 0.2) is 29.2 Å². The molecule has 0 radical (unpaired) electrons. The Morgan fingerprint density at radius 2 is 2.00 bits per heavy atom. The monoisotopic (exact) mass is 424 g/mol. The van der Waals surface area contributed by atoms with Gasteiger partial charge in [0, 0.05) is 21.7 Å². The van der Waals surface area contributed by atoms with Gasteiger partial charge in [-0.25, -0.2) is 4.52 Å². The predicted molar refractivity (Wildman–Crippen MR) is 117 cm³/mol. The summed E-state index contributed by atoms with van der Waals surface area (Å²) in [7, 11) is 0. The SMILES string of the molecule is Cc1ccc(-c2cn3nc(C(=O)NC(C)(C)C4CC4)c(C4CC4)c3c(=O)[nH]2)cc1Cl. The number of carbonyl (C=O) groups excluding carboxylic acids is 1. The Hall–Kier alpha value is -2.60. The second-order valence-corrected chi connectivity index (χ2v) is 9.65. The van der Waals surface area contributed by atoms with Crippen LogP contribution in [0.2, 0.25) is 5.02 Å². The lowest BCUT2D eigenvalue weighted by atomic mass is 9.98. The normalized spacial score (nSPS) is 16.8. The molecule has 5 rings (SSSR count). The van der Waals surface area contributed by atoms with Gasteiger partial charge in [0.2, 0.25) is 0 Å².